The zero-order chi connectivity index (χ0) is 11.6. The number of hydrogen-bond donors (Lipinski definition) is 1. The summed E-state index contributed by atoms with van der Waals surface area (Å²) < 4.78 is 27.7. The predicted molar refractivity (Wildman–Crippen MR) is 60.7 cm³/mol. The molecule has 1 aromatic rings. The van der Waals surface area contributed by atoms with Gasteiger partial charge in [0.1, 0.15) is 0 Å². The first-order valence-corrected chi connectivity index (χ1v) is 5.76. The van der Waals surface area contributed by atoms with Gasteiger partial charge in [-0.05, 0) is 44.5 Å². The Labute approximate surface area is 94.9 Å². The molecule has 1 saturated carbocycles. The van der Waals surface area contributed by atoms with Crippen LogP contribution in [-0.2, 0) is 12.3 Å². The fourth-order valence-corrected chi connectivity index (χ4v) is 1.89. The zero-order valence-corrected chi connectivity index (χ0v) is 9.47. The summed E-state index contributed by atoms with van der Waals surface area (Å²) in [5.74, 6) is -3.05. The third kappa shape index (κ3) is 2.40. The number of halogens is 2. The molecule has 1 nitrogen and oxygen atoms in total. The molecule has 1 aliphatic carbocycles. The Morgan fingerprint density at radius 3 is 2.75 bits per heavy atom. The summed E-state index contributed by atoms with van der Waals surface area (Å²) in [7, 11) is 1.86. The van der Waals surface area contributed by atoms with Gasteiger partial charge in [-0.3, -0.25) is 0 Å². The Bertz CT molecular complexity index is 359. The monoisotopic (exact) mass is 225 g/mol. The minimum Gasteiger partial charge on any atom is -0.319 e. The van der Waals surface area contributed by atoms with Gasteiger partial charge in [0.15, 0.2) is 0 Å². The minimum absolute atomic E-state index is 0.184. The average Bonchev–Trinajstić information content (AvgIpc) is 3.11. The maximum atomic E-state index is 13.8. The largest absolute Gasteiger partial charge is 0.319 e. The van der Waals surface area contributed by atoms with Crippen molar-refractivity contribution in [2.75, 3.05) is 13.6 Å². The molecule has 0 radical (unpaired) electrons. The van der Waals surface area contributed by atoms with Crippen LogP contribution in [0.25, 0.3) is 0 Å². The Morgan fingerprint density at radius 2 is 2.12 bits per heavy atom. The van der Waals surface area contributed by atoms with Gasteiger partial charge in [-0.25, -0.2) is 8.78 Å². The van der Waals surface area contributed by atoms with Gasteiger partial charge in [-0.2, -0.15) is 0 Å². The first kappa shape index (κ1) is 11.5. The number of hydrogen-bond acceptors (Lipinski definition) is 1. The van der Waals surface area contributed by atoms with Gasteiger partial charge in [0.05, 0.1) is 0 Å². The zero-order valence-electron chi connectivity index (χ0n) is 9.47. The van der Waals surface area contributed by atoms with E-state index < -0.39 is 11.8 Å². The van der Waals surface area contributed by atoms with Crippen molar-refractivity contribution in [3.63, 3.8) is 0 Å². The second-order valence-corrected chi connectivity index (χ2v) is 4.45. The van der Waals surface area contributed by atoms with Crippen LogP contribution in [0.15, 0.2) is 24.3 Å². The Kier molecular flexibility index (Phi) is 3.24. The highest BCUT2D eigenvalue weighted by atomic mass is 19.3. The molecule has 0 spiro atoms. The second kappa shape index (κ2) is 4.50. The second-order valence-electron chi connectivity index (χ2n) is 4.45. The van der Waals surface area contributed by atoms with Crippen LogP contribution in [-0.4, -0.2) is 13.6 Å². The van der Waals surface area contributed by atoms with Crippen molar-refractivity contribution in [2.24, 2.45) is 5.92 Å². The standard InChI is InChI=1S/C13H17F2N/c1-16-8-7-10-3-2-4-12(9-10)13(14,15)11-5-6-11/h2-4,9,11,16H,5-8H2,1H3. The lowest BCUT2D eigenvalue weighted by Gasteiger charge is -2.16. The number of likely N-dealkylation sites (N-methyl/N-ethyl adjacent to an activating group) is 1. The molecular weight excluding hydrogens is 208 g/mol. The molecule has 16 heavy (non-hydrogen) atoms. The number of rotatable bonds is 5. The van der Waals surface area contributed by atoms with Gasteiger partial charge in [-0.1, -0.05) is 18.2 Å². The number of nitrogens with one attached hydrogen (secondary N) is 1. The SMILES string of the molecule is CNCCc1cccc(C(F)(F)C2CC2)c1. The van der Waals surface area contributed by atoms with Crippen LogP contribution in [0.4, 0.5) is 8.78 Å². The molecule has 0 atom stereocenters. The topological polar surface area (TPSA) is 12.0 Å². The average molecular weight is 225 g/mol. The van der Waals surface area contributed by atoms with Gasteiger partial charge in [0.25, 0.3) is 5.92 Å². The van der Waals surface area contributed by atoms with E-state index in [9.17, 15) is 8.78 Å². The summed E-state index contributed by atoms with van der Waals surface area (Å²) in [5.41, 5.74) is 1.16. The first-order chi connectivity index (χ1) is 7.64. The van der Waals surface area contributed by atoms with Crippen molar-refractivity contribution in [1.82, 2.24) is 5.32 Å². The Hall–Kier alpha value is -0.960. The molecule has 0 aromatic heterocycles. The van der Waals surface area contributed by atoms with E-state index in [1.165, 1.54) is 0 Å². The predicted octanol–water partition coefficient (Wildman–Crippen LogP) is 2.95. The first-order valence-electron chi connectivity index (χ1n) is 5.76. The molecular formula is C13H17F2N. The summed E-state index contributed by atoms with van der Waals surface area (Å²) in [5, 5.41) is 3.02. The molecule has 0 saturated heterocycles. The molecule has 88 valence electrons. The van der Waals surface area contributed by atoms with E-state index in [0.29, 0.717) is 12.8 Å². The van der Waals surface area contributed by atoms with Crippen LogP contribution in [0, 0.1) is 5.92 Å². The highest BCUT2D eigenvalue weighted by Crippen LogP contribution is 2.49. The maximum Gasteiger partial charge on any atom is 0.276 e. The highest BCUT2D eigenvalue weighted by Gasteiger charge is 2.47. The van der Waals surface area contributed by atoms with Crippen molar-refractivity contribution in [3.05, 3.63) is 35.4 Å². The van der Waals surface area contributed by atoms with Crippen LogP contribution in [0.5, 0.6) is 0 Å². The Balaban J connectivity index is 2.14. The molecule has 1 fully saturated rings. The van der Waals surface area contributed by atoms with Gasteiger partial charge >= 0.3 is 0 Å². The van der Waals surface area contributed by atoms with Gasteiger partial charge in [0, 0.05) is 11.5 Å². The van der Waals surface area contributed by atoms with Gasteiger partial charge in [-0.15, -0.1) is 0 Å². The molecule has 3 heteroatoms. The number of benzene rings is 1. The van der Waals surface area contributed by atoms with Crippen LogP contribution in [0.2, 0.25) is 0 Å². The Morgan fingerprint density at radius 1 is 1.38 bits per heavy atom. The molecule has 0 bridgehead atoms. The van der Waals surface area contributed by atoms with E-state index in [0.717, 1.165) is 18.5 Å². The van der Waals surface area contributed by atoms with E-state index in [1.54, 1.807) is 18.2 Å². The normalized spacial score (nSPS) is 16.4. The lowest BCUT2D eigenvalue weighted by molar-refractivity contribution is -0.0286. The fourth-order valence-electron chi connectivity index (χ4n) is 1.89. The van der Waals surface area contributed by atoms with Crippen LogP contribution in [0.1, 0.15) is 24.0 Å². The van der Waals surface area contributed by atoms with E-state index in [-0.39, 0.29) is 5.56 Å². The fraction of sp³-hybridized carbons (Fsp3) is 0.538. The van der Waals surface area contributed by atoms with Crippen LogP contribution in [0.3, 0.4) is 0 Å². The van der Waals surface area contributed by atoms with Crippen molar-refractivity contribution in [2.45, 2.75) is 25.2 Å². The van der Waals surface area contributed by atoms with E-state index in [1.807, 2.05) is 13.1 Å². The van der Waals surface area contributed by atoms with Crippen molar-refractivity contribution in [1.29, 1.82) is 0 Å². The molecule has 0 aliphatic heterocycles. The lowest BCUT2D eigenvalue weighted by atomic mass is 10.0. The molecule has 2 rings (SSSR count). The number of alkyl halides is 2. The summed E-state index contributed by atoms with van der Waals surface area (Å²) in [6.45, 7) is 0.818. The van der Waals surface area contributed by atoms with Crippen molar-refractivity contribution >= 4 is 0 Å². The third-order valence-electron chi connectivity index (χ3n) is 3.07. The van der Waals surface area contributed by atoms with E-state index in [2.05, 4.69) is 5.32 Å². The van der Waals surface area contributed by atoms with Gasteiger partial charge < -0.3 is 5.32 Å². The van der Waals surface area contributed by atoms with Gasteiger partial charge in [0.2, 0.25) is 0 Å². The highest BCUT2D eigenvalue weighted by molar-refractivity contribution is 5.28. The molecule has 1 aromatic carbocycles. The minimum atomic E-state index is -2.63. The van der Waals surface area contributed by atoms with E-state index >= 15 is 0 Å². The molecule has 0 unspecified atom stereocenters. The summed E-state index contributed by atoms with van der Waals surface area (Å²) in [6, 6.07) is 6.83. The summed E-state index contributed by atoms with van der Waals surface area (Å²) in [4.78, 5) is 0. The third-order valence-corrected chi connectivity index (χ3v) is 3.07. The van der Waals surface area contributed by atoms with Crippen molar-refractivity contribution in [3.8, 4) is 0 Å². The van der Waals surface area contributed by atoms with Crippen LogP contribution >= 0.6 is 0 Å². The molecule has 1 aliphatic rings. The summed E-state index contributed by atoms with van der Waals surface area (Å²) >= 11 is 0. The quantitative estimate of drug-likeness (QED) is 0.812. The maximum absolute atomic E-state index is 13.8. The van der Waals surface area contributed by atoms with Crippen LogP contribution < -0.4 is 5.32 Å². The molecule has 1 N–H and O–H groups in total. The van der Waals surface area contributed by atoms with E-state index in [4.69, 9.17) is 0 Å². The molecule has 0 heterocycles. The molecule has 0 amide bonds. The smallest absolute Gasteiger partial charge is 0.276 e. The summed E-state index contributed by atoms with van der Waals surface area (Å²) in [6.07, 6.45) is 2.12. The van der Waals surface area contributed by atoms with Crippen molar-refractivity contribution < 1.29 is 8.78 Å². The lowest BCUT2D eigenvalue weighted by Crippen LogP contribution is -2.17.